The minimum absolute atomic E-state index is 0.126. The average molecular weight is 243 g/mol. The van der Waals surface area contributed by atoms with Crippen LogP contribution < -0.4 is 20.1 Å². The zero-order valence-corrected chi connectivity index (χ0v) is 9.49. The van der Waals surface area contributed by atoms with Crippen molar-refractivity contribution >= 4 is 0 Å². The largest absolute Gasteiger partial charge is 0.494 e. The normalized spacial score (nSPS) is 13.6. The van der Waals surface area contributed by atoms with Gasteiger partial charge in [0.1, 0.15) is 13.2 Å². The van der Waals surface area contributed by atoms with Crippen LogP contribution in [0.4, 0.5) is 4.39 Å². The molecule has 0 amide bonds. The standard InChI is InChI=1S/C11H14FNO4/c1-14-8-6-9-11(16-5-4-15-9)7(10(8)12)2-3-17-13/h6H,2-5,13H2,1H3. The lowest BCUT2D eigenvalue weighted by molar-refractivity contribution is 0.136. The van der Waals surface area contributed by atoms with E-state index in [1.54, 1.807) is 0 Å². The number of benzene rings is 1. The zero-order valence-electron chi connectivity index (χ0n) is 9.49. The van der Waals surface area contributed by atoms with Crippen LogP contribution in [0.1, 0.15) is 5.56 Å². The van der Waals surface area contributed by atoms with Gasteiger partial charge in [-0.1, -0.05) is 0 Å². The molecule has 1 aliphatic heterocycles. The first-order valence-corrected chi connectivity index (χ1v) is 5.24. The lowest BCUT2D eigenvalue weighted by Crippen LogP contribution is -2.18. The summed E-state index contributed by atoms with van der Waals surface area (Å²) >= 11 is 0. The van der Waals surface area contributed by atoms with Crippen molar-refractivity contribution in [3.8, 4) is 17.2 Å². The molecule has 0 saturated heterocycles. The molecule has 2 N–H and O–H groups in total. The highest BCUT2D eigenvalue weighted by Gasteiger charge is 2.23. The predicted molar refractivity (Wildman–Crippen MR) is 57.8 cm³/mol. The summed E-state index contributed by atoms with van der Waals surface area (Å²) in [6, 6.07) is 1.48. The lowest BCUT2D eigenvalue weighted by Gasteiger charge is -2.22. The van der Waals surface area contributed by atoms with E-state index in [9.17, 15) is 4.39 Å². The van der Waals surface area contributed by atoms with E-state index in [0.717, 1.165) is 0 Å². The Labute approximate surface area is 98.2 Å². The van der Waals surface area contributed by atoms with Gasteiger partial charge < -0.3 is 19.0 Å². The summed E-state index contributed by atoms with van der Waals surface area (Å²) in [6.45, 7) is 1.03. The van der Waals surface area contributed by atoms with Crippen molar-refractivity contribution in [1.29, 1.82) is 0 Å². The van der Waals surface area contributed by atoms with Crippen molar-refractivity contribution in [3.63, 3.8) is 0 Å². The Morgan fingerprint density at radius 2 is 2.18 bits per heavy atom. The molecule has 0 radical (unpaired) electrons. The fourth-order valence-electron chi connectivity index (χ4n) is 1.74. The lowest BCUT2D eigenvalue weighted by atomic mass is 10.1. The molecule has 1 aromatic carbocycles. The highest BCUT2D eigenvalue weighted by molar-refractivity contribution is 5.53. The maximum Gasteiger partial charge on any atom is 0.172 e. The molecular weight excluding hydrogens is 229 g/mol. The van der Waals surface area contributed by atoms with E-state index >= 15 is 0 Å². The molecule has 0 spiro atoms. The summed E-state index contributed by atoms with van der Waals surface area (Å²) in [6.07, 6.45) is 0.297. The fourth-order valence-corrected chi connectivity index (χ4v) is 1.74. The Bertz CT molecular complexity index is 411. The van der Waals surface area contributed by atoms with Crippen LogP contribution in [0.15, 0.2) is 6.07 Å². The average Bonchev–Trinajstić information content (AvgIpc) is 2.37. The van der Waals surface area contributed by atoms with Crippen LogP contribution in [0.3, 0.4) is 0 Å². The number of rotatable bonds is 4. The monoisotopic (exact) mass is 243 g/mol. The van der Waals surface area contributed by atoms with Gasteiger partial charge in [-0.3, -0.25) is 0 Å². The van der Waals surface area contributed by atoms with Gasteiger partial charge in [-0.2, -0.15) is 0 Å². The number of ether oxygens (including phenoxy) is 3. The molecule has 0 atom stereocenters. The van der Waals surface area contributed by atoms with Gasteiger partial charge in [0.2, 0.25) is 0 Å². The van der Waals surface area contributed by atoms with Gasteiger partial charge in [0, 0.05) is 18.1 Å². The minimum Gasteiger partial charge on any atom is -0.494 e. The number of hydrogen-bond acceptors (Lipinski definition) is 5. The molecule has 2 rings (SSSR count). The van der Waals surface area contributed by atoms with Crippen LogP contribution in [0, 0.1) is 5.82 Å². The molecule has 6 heteroatoms. The van der Waals surface area contributed by atoms with Crippen LogP contribution in [0.5, 0.6) is 17.2 Å². The molecule has 94 valence electrons. The third-order valence-electron chi connectivity index (χ3n) is 2.52. The smallest absolute Gasteiger partial charge is 0.172 e. The van der Waals surface area contributed by atoms with Gasteiger partial charge in [0.25, 0.3) is 0 Å². The first-order chi connectivity index (χ1) is 8.27. The SMILES string of the molecule is COc1cc2c(c(CCON)c1F)OCCO2. The van der Waals surface area contributed by atoms with E-state index in [0.29, 0.717) is 36.7 Å². The van der Waals surface area contributed by atoms with Crippen molar-refractivity contribution in [2.45, 2.75) is 6.42 Å². The van der Waals surface area contributed by atoms with Gasteiger partial charge in [-0.25, -0.2) is 10.3 Å². The number of fused-ring (bicyclic) bond motifs is 1. The topological polar surface area (TPSA) is 62.9 Å². The minimum atomic E-state index is -0.464. The van der Waals surface area contributed by atoms with Gasteiger partial charge in [-0.05, 0) is 0 Å². The van der Waals surface area contributed by atoms with Crippen LogP contribution in [0.2, 0.25) is 0 Å². The predicted octanol–water partition coefficient (Wildman–Crippen LogP) is 1.04. The molecule has 0 saturated carbocycles. The second kappa shape index (κ2) is 5.20. The molecule has 0 bridgehead atoms. The van der Waals surface area contributed by atoms with E-state index in [4.69, 9.17) is 20.1 Å². The third-order valence-corrected chi connectivity index (χ3v) is 2.52. The van der Waals surface area contributed by atoms with Crippen LogP contribution in [-0.2, 0) is 11.3 Å². The van der Waals surface area contributed by atoms with Crippen molar-refractivity contribution in [3.05, 3.63) is 17.4 Å². The van der Waals surface area contributed by atoms with E-state index in [2.05, 4.69) is 4.84 Å². The summed E-state index contributed by atoms with van der Waals surface area (Å²) in [5.41, 5.74) is 0.365. The van der Waals surface area contributed by atoms with Gasteiger partial charge in [-0.15, -0.1) is 0 Å². The Balaban J connectivity index is 2.44. The molecule has 0 unspecified atom stereocenters. The van der Waals surface area contributed by atoms with Gasteiger partial charge in [0.05, 0.1) is 13.7 Å². The van der Waals surface area contributed by atoms with Gasteiger partial charge >= 0.3 is 0 Å². The molecule has 1 heterocycles. The Kier molecular flexibility index (Phi) is 3.65. The van der Waals surface area contributed by atoms with Crippen molar-refractivity contribution < 1.29 is 23.4 Å². The second-order valence-electron chi connectivity index (χ2n) is 3.52. The zero-order chi connectivity index (χ0) is 12.3. The summed E-state index contributed by atoms with van der Waals surface area (Å²) in [7, 11) is 1.40. The highest BCUT2D eigenvalue weighted by Crippen LogP contribution is 2.40. The number of halogens is 1. The Morgan fingerprint density at radius 3 is 2.88 bits per heavy atom. The summed E-state index contributed by atoms with van der Waals surface area (Å²) < 4.78 is 29.8. The molecule has 0 aliphatic carbocycles. The molecule has 5 nitrogen and oxygen atoms in total. The molecular formula is C11H14FNO4. The number of nitrogens with two attached hydrogens (primary N) is 1. The maximum absolute atomic E-state index is 14.0. The maximum atomic E-state index is 14.0. The first-order valence-electron chi connectivity index (χ1n) is 5.24. The second-order valence-corrected chi connectivity index (χ2v) is 3.52. The van der Waals surface area contributed by atoms with E-state index in [1.165, 1.54) is 13.2 Å². The van der Waals surface area contributed by atoms with E-state index < -0.39 is 5.82 Å². The molecule has 17 heavy (non-hydrogen) atoms. The first kappa shape index (κ1) is 11.9. The van der Waals surface area contributed by atoms with E-state index in [1.807, 2.05) is 0 Å². The summed E-state index contributed by atoms with van der Waals surface area (Å²) in [5.74, 6) is 5.51. The van der Waals surface area contributed by atoms with Crippen molar-refractivity contribution in [1.82, 2.24) is 0 Å². The highest BCUT2D eigenvalue weighted by atomic mass is 19.1. The van der Waals surface area contributed by atoms with Gasteiger partial charge in [0.15, 0.2) is 23.1 Å². The quantitative estimate of drug-likeness (QED) is 0.800. The third kappa shape index (κ3) is 2.27. The Morgan fingerprint density at radius 1 is 1.41 bits per heavy atom. The summed E-state index contributed by atoms with van der Waals surface area (Å²) in [4.78, 5) is 4.46. The molecule has 1 aliphatic rings. The van der Waals surface area contributed by atoms with Crippen molar-refractivity contribution in [2.24, 2.45) is 5.90 Å². The Hall–Kier alpha value is -1.53. The number of hydrogen-bond donors (Lipinski definition) is 1. The van der Waals surface area contributed by atoms with Crippen LogP contribution in [0.25, 0.3) is 0 Å². The van der Waals surface area contributed by atoms with Crippen molar-refractivity contribution in [2.75, 3.05) is 26.9 Å². The van der Waals surface area contributed by atoms with Crippen LogP contribution >= 0.6 is 0 Å². The molecule has 0 aromatic heterocycles. The van der Waals surface area contributed by atoms with E-state index in [-0.39, 0.29) is 12.4 Å². The summed E-state index contributed by atoms with van der Waals surface area (Å²) in [5, 5.41) is 0. The van der Waals surface area contributed by atoms with Crippen LogP contribution in [-0.4, -0.2) is 26.9 Å². The number of methoxy groups -OCH3 is 1. The molecule has 0 fully saturated rings. The fraction of sp³-hybridized carbons (Fsp3) is 0.455. The molecule has 1 aromatic rings.